The first-order valence-corrected chi connectivity index (χ1v) is 6.03. The van der Waals surface area contributed by atoms with E-state index in [1.165, 1.54) is 0 Å². The number of halogens is 1. The molecule has 4 heteroatoms. The molecule has 0 spiro atoms. The standard InChI is InChI=1S/C13H20ClNO2/c1-13(2,16-3)7-8-17-12-6-4-5-11(14)10(12)9-15/h4-6H,7-9,15H2,1-3H3. The van der Waals surface area contributed by atoms with Gasteiger partial charge in [0.25, 0.3) is 0 Å². The topological polar surface area (TPSA) is 44.5 Å². The number of hydrogen-bond acceptors (Lipinski definition) is 3. The molecule has 1 aromatic carbocycles. The van der Waals surface area contributed by atoms with Crippen LogP contribution in [-0.4, -0.2) is 19.3 Å². The van der Waals surface area contributed by atoms with Crippen molar-refractivity contribution in [2.45, 2.75) is 32.4 Å². The second-order valence-corrected chi connectivity index (χ2v) is 4.89. The van der Waals surface area contributed by atoms with E-state index in [4.69, 9.17) is 26.8 Å². The third-order valence-corrected chi connectivity index (χ3v) is 3.15. The smallest absolute Gasteiger partial charge is 0.125 e. The van der Waals surface area contributed by atoms with Crippen molar-refractivity contribution in [3.63, 3.8) is 0 Å². The van der Waals surface area contributed by atoms with Crippen LogP contribution in [0.4, 0.5) is 0 Å². The zero-order valence-electron chi connectivity index (χ0n) is 10.6. The zero-order valence-corrected chi connectivity index (χ0v) is 11.4. The van der Waals surface area contributed by atoms with Crippen molar-refractivity contribution < 1.29 is 9.47 Å². The van der Waals surface area contributed by atoms with Gasteiger partial charge in [-0.15, -0.1) is 0 Å². The summed E-state index contributed by atoms with van der Waals surface area (Å²) in [6.45, 7) is 5.01. The highest BCUT2D eigenvalue weighted by atomic mass is 35.5. The minimum absolute atomic E-state index is 0.179. The lowest BCUT2D eigenvalue weighted by Gasteiger charge is -2.23. The second kappa shape index (κ2) is 6.24. The maximum Gasteiger partial charge on any atom is 0.125 e. The van der Waals surface area contributed by atoms with Crippen LogP contribution in [0, 0.1) is 0 Å². The molecule has 0 saturated heterocycles. The molecule has 0 amide bonds. The quantitative estimate of drug-likeness (QED) is 0.852. The molecule has 0 aromatic heterocycles. The largest absolute Gasteiger partial charge is 0.493 e. The number of hydrogen-bond donors (Lipinski definition) is 1. The van der Waals surface area contributed by atoms with E-state index in [1.54, 1.807) is 7.11 Å². The van der Waals surface area contributed by atoms with Crippen LogP contribution in [0.5, 0.6) is 5.75 Å². The second-order valence-electron chi connectivity index (χ2n) is 4.48. The number of methoxy groups -OCH3 is 1. The minimum Gasteiger partial charge on any atom is -0.493 e. The van der Waals surface area contributed by atoms with Crippen LogP contribution < -0.4 is 10.5 Å². The summed E-state index contributed by atoms with van der Waals surface area (Å²) in [6.07, 6.45) is 0.806. The summed E-state index contributed by atoms with van der Waals surface area (Å²) in [5, 5.41) is 0.649. The summed E-state index contributed by atoms with van der Waals surface area (Å²) in [6, 6.07) is 5.56. The number of rotatable bonds is 6. The van der Waals surface area contributed by atoms with Gasteiger partial charge >= 0.3 is 0 Å². The normalized spacial score (nSPS) is 11.6. The Labute approximate surface area is 108 Å². The lowest BCUT2D eigenvalue weighted by molar-refractivity contribution is 0.00538. The molecule has 0 bridgehead atoms. The van der Waals surface area contributed by atoms with Crippen molar-refractivity contribution >= 4 is 11.6 Å². The first-order valence-electron chi connectivity index (χ1n) is 5.65. The molecule has 0 atom stereocenters. The minimum atomic E-state index is -0.179. The highest BCUT2D eigenvalue weighted by molar-refractivity contribution is 6.31. The molecule has 0 heterocycles. The Kier molecular flexibility index (Phi) is 5.25. The molecule has 17 heavy (non-hydrogen) atoms. The van der Waals surface area contributed by atoms with Crippen molar-refractivity contribution in [2.75, 3.05) is 13.7 Å². The molecule has 1 rings (SSSR count). The van der Waals surface area contributed by atoms with Gasteiger partial charge in [-0.25, -0.2) is 0 Å². The van der Waals surface area contributed by atoms with Crippen LogP contribution in [0.3, 0.4) is 0 Å². The van der Waals surface area contributed by atoms with Crippen LogP contribution >= 0.6 is 11.6 Å². The predicted octanol–water partition coefficient (Wildman–Crippen LogP) is 2.99. The fourth-order valence-corrected chi connectivity index (χ4v) is 1.62. The summed E-state index contributed by atoms with van der Waals surface area (Å²) in [7, 11) is 1.70. The van der Waals surface area contributed by atoms with Gasteiger partial charge in [-0.3, -0.25) is 0 Å². The Balaban J connectivity index is 2.61. The van der Waals surface area contributed by atoms with Gasteiger partial charge in [0.05, 0.1) is 12.2 Å². The molecule has 0 radical (unpaired) electrons. The summed E-state index contributed by atoms with van der Waals surface area (Å²) >= 11 is 6.04. The summed E-state index contributed by atoms with van der Waals surface area (Å²) in [4.78, 5) is 0. The van der Waals surface area contributed by atoms with Gasteiger partial charge in [0.2, 0.25) is 0 Å². The first-order chi connectivity index (χ1) is 8.00. The molecule has 0 aliphatic heterocycles. The molecule has 0 saturated carbocycles. The Morgan fingerprint density at radius 1 is 1.35 bits per heavy atom. The lowest BCUT2D eigenvalue weighted by Crippen LogP contribution is -2.25. The Bertz CT molecular complexity index is 366. The van der Waals surface area contributed by atoms with Crippen molar-refractivity contribution in [3.05, 3.63) is 28.8 Å². The molecule has 0 fully saturated rings. The molecular formula is C13H20ClNO2. The van der Waals surface area contributed by atoms with Crippen molar-refractivity contribution in [3.8, 4) is 5.75 Å². The van der Waals surface area contributed by atoms with E-state index >= 15 is 0 Å². The van der Waals surface area contributed by atoms with Crippen LogP contribution in [-0.2, 0) is 11.3 Å². The van der Waals surface area contributed by atoms with Crippen LogP contribution in [0.25, 0.3) is 0 Å². The number of benzene rings is 1. The number of ether oxygens (including phenoxy) is 2. The zero-order chi connectivity index (χ0) is 12.9. The highest BCUT2D eigenvalue weighted by Crippen LogP contribution is 2.26. The Hall–Kier alpha value is -0.770. The molecule has 2 N–H and O–H groups in total. The van der Waals surface area contributed by atoms with E-state index in [0.717, 1.165) is 17.7 Å². The molecule has 0 unspecified atom stereocenters. The third-order valence-electron chi connectivity index (χ3n) is 2.79. The first kappa shape index (κ1) is 14.3. The van der Waals surface area contributed by atoms with E-state index < -0.39 is 0 Å². The number of nitrogens with two attached hydrogens (primary N) is 1. The highest BCUT2D eigenvalue weighted by Gasteiger charge is 2.16. The maximum absolute atomic E-state index is 6.04. The molecule has 96 valence electrons. The fraction of sp³-hybridized carbons (Fsp3) is 0.538. The maximum atomic E-state index is 6.04. The van der Waals surface area contributed by atoms with Crippen molar-refractivity contribution in [2.24, 2.45) is 5.73 Å². The van der Waals surface area contributed by atoms with E-state index in [9.17, 15) is 0 Å². The summed E-state index contributed by atoms with van der Waals surface area (Å²) in [5.41, 5.74) is 6.32. The average Bonchev–Trinajstić information content (AvgIpc) is 2.29. The SMILES string of the molecule is COC(C)(C)CCOc1cccc(Cl)c1CN. The van der Waals surface area contributed by atoms with Gasteiger partial charge < -0.3 is 15.2 Å². The van der Waals surface area contributed by atoms with Gasteiger partial charge in [-0.05, 0) is 26.0 Å². The van der Waals surface area contributed by atoms with E-state index in [1.807, 2.05) is 32.0 Å². The van der Waals surface area contributed by atoms with Crippen molar-refractivity contribution in [1.82, 2.24) is 0 Å². The van der Waals surface area contributed by atoms with E-state index in [2.05, 4.69) is 0 Å². The van der Waals surface area contributed by atoms with Gasteiger partial charge in [-0.2, -0.15) is 0 Å². The van der Waals surface area contributed by atoms with Crippen LogP contribution in [0.15, 0.2) is 18.2 Å². The van der Waals surface area contributed by atoms with Gasteiger partial charge in [0, 0.05) is 30.7 Å². The molecule has 1 aromatic rings. The molecule has 0 aliphatic carbocycles. The van der Waals surface area contributed by atoms with E-state index in [-0.39, 0.29) is 5.60 Å². The third kappa shape index (κ3) is 4.19. The summed E-state index contributed by atoms with van der Waals surface area (Å²) in [5.74, 6) is 0.756. The Morgan fingerprint density at radius 2 is 2.06 bits per heavy atom. The summed E-state index contributed by atoms with van der Waals surface area (Å²) < 4.78 is 11.0. The average molecular weight is 258 g/mol. The Morgan fingerprint density at radius 3 is 2.65 bits per heavy atom. The molecule has 0 aliphatic rings. The van der Waals surface area contributed by atoms with Crippen LogP contribution in [0.2, 0.25) is 5.02 Å². The van der Waals surface area contributed by atoms with E-state index in [0.29, 0.717) is 18.2 Å². The molecule has 3 nitrogen and oxygen atoms in total. The van der Waals surface area contributed by atoms with Gasteiger partial charge in [-0.1, -0.05) is 17.7 Å². The molecular weight excluding hydrogens is 238 g/mol. The van der Waals surface area contributed by atoms with Crippen molar-refractivity contribution in [1.29, 1.82) is 0 Å². The predicted molar refractivity (Wildman–Crippen MR) is 70.5 cm³/mol. The van der Waals surface area contributed by atoms with Gasteiger partial charge in [0.15, 0.2) is 0 Å². The van der Waals surface area contributed by atoms with Crippen LogP contribution in [0.1, 0.15) is 25.8 Å². The van der Waals surface area contributed by atoms with Gasteiger partial charge in [0.1, 0.15) is 5.75 Å². The monoisotopic (exact) mass is 257 g/mol. The lowest BCUT2D eigenvalue weighted by atomic mass is 10.1. The fourth-order valence-electron chi connectivity index (χ4n) is 1.38.